The zero-order valence-electron chi connectivity index (χ0n) is 12.8. The molecule has 3 nitrogen and oxygen atoms in total. The Kier molecular flexibility index (Phi) is 2.80. The van der Waals surface area contributed by atoms with Crippen LogP contribution in [0.1, 0.15) is 34.0 Å². The van der Waals surface area contributed by atoms with Gasteiger partial charge >= 0.3 is 0 Å². The number of aryl methyl sites for hydroxylation is 2. The average molecular weight is 287 g/mol. The lowest BCUT2D eigenvalue weighted by Crippen LogP contribution is -2.08. The first kappa shape index (κ1) is 13.1. The topological polar surface area (TPSA) is 41.6 Å². The molecule has 1 aliphatic rings. The van der Waals surface area contributed by atoms with Gasteiger partial charge < -0.3 is 4.57 Å². The third-order valence-electron chi connectivity index (χ3n) is 4.65. The van der Waals surface area contributed by atoms with E-state index in [1.54, 1.807) is 0 Å². The molecule has 4 rings (SSSR count). The monoisotopic (exact) mass is 287 g/mol. The van der Waals surface area contributed by atoms with Crippen molar-refractivity contribution >= 4 is 11.0 Å². The van der Waals surface area contributed by atoms with E-state index in [-0.39, 0.29) is 0 Å². The Balaban J connectivity index is 1.89. The highest BCUT2D eigenvalue weighted by molar-refractivity contribution is 5.87. The molecular formula is C19H17N3. The van der Waals surface area contributed by atoms with Gasteiger partial charge in [-0.3, -0.25) is 0 Å². The van der Waals surface area contributed by atoms with E-state index >= 15 is 0 Å². The number of benzene rings is 1. The fourth-order valence-electron chi connectivity index (χ4n) is 3.70. The third kappa shape index (κ3) is 1.84. The normalized spacial score (nSPS) is 14.2. The lowest BCUT2D eigenvalue weighted by molar-refractivity contribution is 0.543. The van der Waals surface area contributed by atoms with Gasteiger partial charge in [0.1, 0.15) is 11.7 Å². The van der Waals surface area contributed by atoms with Crippen LogP contribution in [0.3, 0.4) is 0 Å². The van der Waals surface area contributed by atoms with Gasteiger partial charge in [-0.2, -0.15) is 5.26 Å². The first-order valence-electron chi connectivity index (χ1n) is 7.63. The Hall–Kier alpha value is -2.60. The van der Waals surface area contributed by atoms with E-state index in [4.69, 9.17) is 4.98 Å². The zero-order valence-corrected chi connectivity index (χ0v) is 12.8. The van der Waals surface area contributed by atoms with Crippen LogP contribution in [-0.4, -0.2) is 9.55 Å². The molecule has 2 aromatic heterocycles. The number of nitrogens with zero attached hydrogens (tertiary/aromatic N) is 3. The molecule has 0 spiro atoms. The van der Waals surface area contributed by atoms with E-state index in [0.717, 1.165) is 40.7 Å². The van der Waals surface area contributed by atoms with E-state index in [1.165, 1.54) is 11.1 Å². The van der Waals surface area contributed by atoms with Crippen molar-refractivity contribution in [2.75, 3.05) is 0 Å². The van der Waals surface area contributed by atoms with Crippen LogP contribution in [0.15, 0.2) is 36.5 Å². The van der Waals surface area contributed by atoms with Gasteiger partial charge in [-0.1, -0.05) is 24.3 Å². The third-order valence-corrected chi connectivity index (χ3v) is 4.65. The molecule has 0 atom stereocenters. The maximum Gasteiger partial charge on any atom is 0.142 e. The molecule has 0 saturated heterocycles. The molecule has 0 unspecified atom stereocenters. The second kappa shape index (κ2) is 4.71. The minimum Gasteiger partial charge on any atom is -0.327 e. The van der Waals surface area contributed by atoms with E-state index in [2.05, 4.69) is 47.9 Å². The molecule has 2 heterocycles. The van der Waals surface area contributed by atoms with Gasteiger partial charge in [0.25, 0.3) is 0 Å². The SMILES string of the molecule is Cc1cc(C)c2c(C#N)cn(C3Cc4ccccc4C3)c2n1. The molecule has 0 radical (unpaired) electrons. The first-order valence-corrected chi connectivity index (χ1v) is 7.63. The van der Waals surface area contributed by atoms with Crippen molar-refractivity contribution in [2.45, 2.75) is 32.7 Å². The summed E-state index contributed by atoms with van der Waals surface area (Å²) in [6.45, 7) is 4.07. The van der Waals surface area contributed by atoms with E-state index in [1.807, 2.05) is 13.1 Å². The van der Waals surface area contributed by atoms with Gasteiger partial charge in [-0.15, -0.1) is 0 Å². The summed E-state index contributed by atoms with van der Waals surface area (Å²) in [5.41, 5.74) is 6.65. The van der Waals surface area contributed by atoms with Crippen LogP contribution >= 0.6 is 0 Å². The van der Waals surface area contributed by atoms with Crippen molar-refractivity contribution in [3.05, 3.63) is 64.5 Å². The molecule has 1 aromatic carbocycles. The lowest BCUT2D eigenvalue weighted by Gasteiger charge is -2.13. The summed E-state index contributed by atoms with van der Waals surface area (Å²) < 4.78 is 2.22. The summed E-state index contributed by atoms with van der Waals surface area (Å²) in [6.07, 6.45) is 4.01. The summed E-state index contributed by atoms with van der Waals surface area (Å²) in [4.78, 5) is 4.72. The number of rotatable bonds is 1. The molecule has 22 heavy (non-hydrogen) atoms. The van der Waals surface area contributed by atoms with Crippen LogP contribution in [0, 0.1) is 25.2 Å². The van der Waals surface area contributed by atoms with Crippen molar-refractivity contribution in [1.29, 1.82) is 5.26 Å². The maximum atomic E-state index is 9.47. The highest BCUT2D eigenvalue weighted by Gasteiger charge is 2.25. The summed E-state index contributed by atoms with van der Waals surface area (Å²) in [5, 5.41) is 10.5. The Morgan fingerprint density at radius 2 is 1.86 bits per heavy atom. The van der Waals surface area contributed by atoms with Crippen LogP contribution in [0.2, 0.25) is 0 Å². The van der Waals surface area contributed by atoms with Crippen LogP contribution < -0.4 is 0 Å². The molecule has 3 aromatic rings. The standard InChI is InChI=1S/C19H17N3/c1-12-7-13(2)21-19-18(12)16(10-20)11-22(19)17-8-14-5-3-4-6-15(14)9-17/h3-7,11,17H,8-9H2,1-2H3. The average Bonchev–Trinajstić information content (AvgIpc) is 3.07. The van der Waals surface area contributed by atoms with Gasteiger partial charge in [-0.05, 0) is 49.4 Å². The summed E-state index contributed by atoms with van der Waals surface area (Å²) in [5.74, 6) is 0. The predicted octanol–water partition coefficient (Wildman–Crippen LogP) is 3.86. The van der Waals surface area contributed by atoms with E-state index < -0.39 is 0 Å². The van der Waals surface area contributed by atoms with Gasteiger partial charge in [0.05, 0.1) is 5.56 Å². The largest absolute Gasteiger partial charge is 0.327 e. The maximum absolute atomic E-state index is 9.47. The molecule has 0 saturated carbocycles. The van der Waals surface area contributed by atoms with Crippen LogP contribution in [0.4, 0.5) is 0 Å². The number of fused-ring (bicyclic) bond motifs is 2. The van der Waals surface area contributed by atoms with Crippen molar-refractivity contribution in [3.8, 4) is 6.07 Å². The smallest absolute Gasteiger partial charge is 0.142 e. The van der Waals surface area contributed by atoms with Gasteiger partial charge in [-0.25, -0.2) is 4.98 Å². The number of aromatic nitrogens is 2. The quantitative estimate of drug-likeness (QED) is 0.682. The fourth-order valence-corrected chi connectivity index (χ4v) is 3.70. The van der Waals surface area contributed by atoms with Crippen molar-refractivity contribution in [2.24, 2.45) is 0 Å². The Bertz CT molecular complexity index is 903. The molecule has 108 valence electrons. The summed E-state index contributed by atoms with van der Waals surface area (Å²) in [7, 11) is 0. The summed E-state index contributed by atoms with van der Waals surface area (Å²) >= 11 is 0. The Morgan fingerprint density at radius 3 is 2.50 bits per heavy atom. The van der Waals surface area contributed by atoms with Crippen LogP contribution in [0.25, 0.3) is 11.0 Å². The van der Waals surface area contributed by atoms with Crippen LogP contribution in [-0.2, 0) is 12.8 Å². The van der Waals surface area contributed by atoms with E-state index in [9.17, 15) is 5.26 Å². The number of hydrogen-bond donors (Lipinski definition) is 0. The molecule has 0 aliphatic heterocycles. The van der Waals surface area contributed by atoms with Crippen molar-refractivity contribution in [1.82, 2.24) is 9.55 Å². The minimum absolute atomic E-state index is 0.357. The second-order valence-electron chi connectivity index (χ2n) is 6.17. The number of nitriles is 1. The minimum atomic E-state index is 0.357. The van der Waals surface area contributed by atoms with Crippen molar-refractivity contribution < 1.29 is 0 Å². The molecule has 0 bridgehead atoms. The Morgan fingerprint density at radius 1 is 1.18 bits per heavy atom. The van der Waals surface area contributed by atoms with Crippen molar-refractivity contribution in [3.63, 3.8) is 0 Å². The number of hydrogen-bond acceptors (Lipinski definition) is 2. The van der Waals surface area contributed by atoms with Gasteiger partial charge in [0, 0.05) is 23.3 Å². The highest BCUT2D eigenvalue weighted by Crippen LogP contribution is 2.34. The lowest BCUT2D eigenvalue weighted by atomic mass is 10.1. The molecule has 3 heteroatoms. The Labute approximate surface area is 129 Å². The second-order valence-corrected chi connectivity index (χ2v) is 6.17. The zero-order chi connectivity index (χ0) is 15.3. The number of pyridine rings is 1. The highest BCUT2D eigenvalue weighted by atomic mass is 15.1. The predicted molar refractivity (Wildman–Crippen MR) is 86.8 cm³/mol. The summed E-state index contributed by atoms with van der Waals surface area (Å²) in [6, 6.07) is 13.4. The first-order chi connectivity index (χ1) is 10.7. The van der Waals surface area contributed by atoms with Crippen LogP contribution in [0.5, 0.6) is 0 Å². The van der Waals surface area contributed by atoms with E-state index in [0.29, 0.717) is 6.04 Å². The van der Waals surface area contributed by atoms with Gasteiger partial charge in [0.2, 0.25) is 0 Å². The molecule has 0 amide bonds. The molecule has 0 N–H and O–H groups in total. The van der Waals surface area contributed by atoms with Gasteiger partial charge in [0.15, 0.2) is 0 Å². The fraction of sp³-hybridized carbons (Fsp3) is 0.263. The molecule has 1 aliphatic carbocycles. The molecule has 0 fully saturated rings. The molecular weight excluding hydrogens is 270 g/mol.